The third-order valence-electron chi connectivity index (χ3n) is 4.45. The summed E-state index contributed by atoms with van der Waals surface area (Å²) in [6.45, 7) is 2.07. The van der Waals surface area contributed by atoms with Gasteiger partial charge in [-0.3, -0.25) is 9.59 Å². The van der Waals surface area contributed by atoms with Gasteiger partial charge in [-0.2, -0.15) is 0 Å². The number of carbonyl (C=O) groups is 3. The van der Waals surface area contributed by atoms with Gasteiger partial charge in [0.15, 0.2) is 11.0 Å². The highest BCUT2D eigenvalue weighted by Crippen LogP contribution is 2.17. The van der Waals surface area contributed by atoms with Gasteiger partial charge in [0.05, 0.1) is 17.9 Å². The van der Waals surface area contributed by atoms with E-state index in [1.165, 1.54) is 23.9 Å². The van der Waals surface area contributed by atoms with Gasteiger partial charge >= 0.3 is 5.97 Å². The van der Waals surface area contributed by atoms with E-state index in [0.29, 0.717) is 22.2 Å². The third kappa shape index (κ3) is 5.70. The summed E-state index contributed by atoms with van der Waals surface area (Å²) in [7, 11) is 1.76. The van der Waals surface area contributed by atoms with Crippen molar-refractivity contribution in [3.05, 3.63) is 71.0 Å². The molecule has 1 heterocycles. The Balaban J connectivity index is 1.54. The Labute approximate surface area is 182 Å². The number of thioether (sulfide) groups is 1. The standard InChI is InChI=1S/C21H21N5O4S/c1-13-6-3-4-9-16(13)19(28)22-11-17-24-25-21(26(17)2)31-12-18(27)23-15-8-5-7-14(10-15)20(29)30/h3-10H,11-12H2,1-2H3,(H,22,28)(H,23,27)(H,29,30). The van der Waals surface area contributed by atoms with Crippen LogP contribution in [0.2, 0.25) is 0 Å². The summed E-state index contributed by atoms with van der Waals surface area (Å²) in [5, 5.41) is 23.2. The predicted octanol–water partition coefficient (Wildman–Crippen LogP) is 2.48. The number of amides is 2. The van der Waals surface area contributed by atoms with E-state index < -0.39 is 5.97 Å². The van der Waals surface area contributed by atoms with Crippen LogP contribution in [0.4, 0.5) is 5.69 Å². The number of benzene rings is 2. The van der Waals surface area contributed by atoms with Crippen LogP contribution in [-0.4, -0.2) is 43.4 Å². The molecule has 1 aromatic heterocycles. The van der Waals surface area contributed by atoms with Gasteiger partial charge in [0.25, 0.3) is 5.91 Å². The first-order chi connectivity index (χ1) is 14.8. The Bertz CT molecular complexity index is 1130. The number of hydrogen-bond donors (Lipinski definition) is 3. The van der Waals surface area contributed by atoms with Gasteiger partial charge in [-0.15, -0.1) is 10.2 Å². The van der Waals surface area contributed by atoms with E-state index in [9.17, 15) is 14.4 Å². The SMILES string of the molecule is Cc1ccccc1C(=O)NCc1nnc(SCC(=O)Nc2cccc(C(=O)O)c2)n1C. The molecule has 160 valence electrons. The minimum Gasteiger partial charge on any atom is -0.478 e. The topological polar surface area (TPSA) is 126 Å². The molecule has 0 saturated heterocycles. The van der Waals surface area contributed by atoms with Crippen molar-refractivity contribution >= 4 is 35.2 Å². The first-order valence-electron chi connectivity index (χ1n) is 9.33. The number of nitrogens with one attached hydrogen (secondary N) is 2. The van der Waals surface area contributed by atoms with Gasteiger partial charge in [0.1, 0.15) is 0 Å². The zero-order valence-corrected chi connectivity index (χ0v) is 17.8. The number of nitrogens with zero attached hydrogens (tertiary/aromatic N) is 3. The third-order valence-corrected chi connectivity index (χ3v) is 5.47. The van der Waals surface area contributed by atoms with Gasteiger partial charge in [-0.25, -0.2) is 4.79 Å². The second-order valence-corrected chi connectivity index (χ2v) is 7.62. The molecule has 10 heteroatoms. The summed E-state index contributed by atoms with van der Waals surface area (Å²) in [6, 6.07) is 13.3. The average Bonchev–Trinajstić information content (AvgIpc) is 3.10. The van der Waals surface area contributed by atoms with Crippen LogP contribution in [0.5, 0.6) is 0 Å². The molecule has 0 bridgehead atoms. The lowest BCUT2D eigenvalue weighted by molar-refractivity contribution is -0.113. The first-order valence-corrected chi connectivity index (χ1v) is 10.3. The molecule has 3 aromatic rings. The van der Waals surface area contributed by atoms with Crippen molar-refractivity contribution in [2.75, 3.05) is 11.1 Å². The highest BCUT2D eigenvalue weighted by molar-refractivity contribution is 7.99. The number of anilines is 1. The molecule has 3 N–H and O–H groups in total. The molecule has 0 unspecified atom stereocenters. The van der Waals surface area contributed by atoms with Gasteiger partial charge < -0.3 is 20.3 Å². The van der Waals surface area contributed by atoms with E-state index in [1.807, 2.05) is 25.1 Å². The summed E-state index contributed by atoms with van der Waals surface area (Å²) >= 11 is 1.19. The van der Waals surface area contributed by atoms with Crippen LogP contribution in [0.1, 0.15) is 32.1 Å². The Morgan fingerprint density at radius 2 is 1.87 bits per heavy atom. The van der Waals surface area contributed by atoms with Crippen molar-refractivity contribution in [3.8, 4) is 0 Å². The minimum atomic E-state index is -1.06. The van der Waals surface area contributed by atoms with E-state index in [-0.39, 0.29) is 29.7 Å². The molecule has 9 nitrogen and oxygen atoms in total. The van der Waals surface area contributed by atoms with Crippen molar-refractivity contribution in [1.29, 1.82) is 0 Å². The molecule has 31 heavy (non-hydrogen) atoms. The van der Waals surface area contributed by atoms with Crippen molar-refractivity contribution in [3.63, 3.8) is 0 Å². The highest BCUT2D eigenvalue weighted by atomic mass is 32.2. The Kier molecular flexibility index (Phi) is 7.03. The maximum absolute atomic E-state index is 12.3. The molecule has 0 aliphatic rings. The van der Waals surface area contributed by atoms with Crippen LogP contribution in [0.3, 0.4) is 0 Å². The van der Waals surface area contributed by atoms with Crippen molar-refractivity contribution in [2.24, 2.45) is 7.05 Å². The Morgan fingerprint density at radius 1 is 1.10 bits per heavy atom. The van der Waals surface area contributed by atoms with Crippen molar-refractivity contribution < 1.29 is 19.5 Å². The number of aromatic carboxylic acids is 1. The smallest absolute Gasteiger partial charge is 0.335 e. The molecule has 2 amide bonds. The largest absolute Gasteiger partial charge is 0.478 e. The lowest BCUT2D eigenvalue weighted by Crippen LogP contribution is -2.25. The monoisotopic (exact) mass is 439 g/mol. The van der Waals surface area contributed by atoms with E-state index >= 15 is 0 Å². The number of hydrogen-bond acceptors (Lipinski definition) is 6. The van der Waals surface area contributed by atoms with Gasteiger partial charge in [0, 0.05) is 18.3 Å². The zero-order valence-electron chi connectivity index (χ0n) is 17.0. The van der Waals surface area contributed by atoms with Crippen LogP contribution in [-0.2, 0) is 18.4 Å². The Morgan fingerprint density at radius 3 is 2.61 bits per heavy atom. The maximum Gasteiger partial charge on any atom is 0.335 e. The van der Waals surface area contributed by atoms with Crippen LogP contribution in [0.25, 0.3) is 0 Å². The minimum absolute atomic E-state index is 0.0683. The fourth-order valence-corrected chi connectivity index (χ4v) is 3.49. The fraction of sp³-hybridized carbons (Fsp3) is 0.190. The molecule has 2 aromatic carbocycles. The number of aromatic nitrogens is 3. The van der Waals surface area contributed by atoms with E-state index in [2.05, 4.69) is 20.8 Å². The number of carboxylic acids is 1. The molecular weight excluding hydrogens is 418 g/mol. The summed E-state index contributed by atoms with van der Waals surface area (Å²) in [5.41, 5.74) is 1.98. The summed E-state index contributed by atoms with van der Waals surface area (Å²) in [5.74, 6) is -0.937. The molecule has 0 atom stereocenters. The molecule has 0 spiro atoms. The molecule has 0 fully saturated rings. The Hall–Kier alpha value is -3.66. The zero-order chi connectivity index (χ0) is 22.4. The van der Waals surface area contributed by atoms with Gasteiger partial charge in [0.2, 0.25) is 5.91 Å². The van der Waals surface area contributed by atoms with E-state index in [1.54, 1.807) is 29.8 Å². The molecule has 0 saturated carbocycles. The second kappa shape index (κ2) is 9.90. The van der Waals surface area contributed by atoms with Gasteiger partial charge in [-0.05, 0) is 36.8 Å². The molecular formula is C21H21N5O4S. The molecule has 3 rings (SSSR count). The van der Waals surface area contributed by atoms with Crippen LogP contribution >= 0.6 is 11.8 Å². The van der Waals surface area contributed by atoms with Gasteiger partial charge in [-0.1, -0.05) is 36.0 Å². The second-order valence-electron chi connectivity index (χ2n) is 6.68. The number of carboxylic acid groups (broad SMARTS) is 1. The lowest BCUT2D eigenvalue weighted by atomic mass is 10.1. The lowest BCUT2D eigenvalue weighted by Gasteiger charge is -2.08. The summed E-state index contributed by atoms with van der Waals surface area (Å²) in [6.07, 6.45) is 0. The average molecular weight is 439 g/mol. The number of aryl methyl sites for hydroxylation is 1. The fourth-order valence-electron chi connectivity index (χ4n) is 2.76. The number of carbonyl (C=O) groups excluding carboxylic acids is 2. The summed E-state index contributed by atoms with van der Waals surface area (Å²) in [4.78, 5) is 35.6. The molecule has 0 radical (unpaired) electrons. The van der Waals surface area contributed by atoms with Crippen molar-refractivity contribution in [2.45, 2.75) is 18.6 Å². The van der Waals surface area contributed by atoms with Crippen LogP contribution in [0, 0.1) is 6.92 Å². The maximum atomic E-state index is 12.3. The quantitative estimate of drug-likeness (QED) is 0.460. The van der Waals surface area contributed by atoms with Crippen LogP contribution < -0.4 is 10.6 Å². The summed E-state index contributed by atoms with van der Waals surface area (Å²) < 4.78 is 1.71. The molecule has 0 aliphatic carbocycles. The van der Waals surface area contributed by atoms with E-state index in [4.69, 9.17) is 5.11 Å². The highest BCUT2D eigenvalue weighted by Gasteiger charge is 2.14. The van der Waals surface area contributed by atoms with Crippen molar-refractivity contribution in [1.82, 2.24) is 20.1 Å². The normalized spacial score (nSPS) is 10.5. The molecule has 0 aliphatic heterocycles. The number of rotatable bonds is 8. The van der Waals surface area contributed by atoms with E-state index in [0.717, 1.165) is 5.56 Å². The van der Waals surface area contributed by atoms with Crippen LogP contribution in [0.15, 0.2) is 53.7 Å². The predicted molar refractivity (Wildman–Crippen MR) is 116 cm³/mol. The first kappa shape index (κ1) is 22.0.